The third-order valence-corrected chi connectivity index (χ3v) is 8.01. The Kier molecular flexibility index (Phi) is 4.20. The van der Waals surface area contributed by atoms with E-state index >= 15 is 0 Å². The summed E-state index contributed by atoms with van der Waals surface area (Å²) in [6.07, 6.45) is 3.98. The zero-order valence-electron chi connectivity index (χ0n) is 14.3. The molecule has 2 aromatic carbocycles. The zero-order valence-corrected chi connectivity index (χ0v) is 15.1. The summed E-state index contributed by atoms with van der Waals surface area (Å²) in [7, 11) is -3.42. The predicted molar refractivity (Wildman–Crippen MR) is 98.3 cm³/mol. The van der Waals surface area contributed by atoms with E-state index in [9.17, 15) is 13.5 Å². The van der Waals surface area contributed by atoms with E-state index in [0.29, 0.717) is 4.90 Å². The Hall–Kier alpha value is -1.65. The third-order valence-electron chi connectivity index (χ3n) is 6.02. The fourth-order valence-corrected chi connectivity index (χ4v) is 7.02. The molecule has 1 aliphatic carbocycles. The number of hydrogen-bond acceptors (Lipinski definition) is 3. The minimum atomic E-state index is -3.42. The quantitative estimate of drug-likeness (QED) is 0.843. The smallest absolute Gasteiger partial charge is 0.179 e. The SMILES string of the molecule is O=S1(=O)CC2(CCCCC2)[C@@H](O)[C@@H](c2ccccc2)c2ccccc21. The van der Waals surface area contributed by atoms with E-state index in [4.69, 9.17) is 0 Å². The highest BCUT2D eigenvalue weighted by molar-refractivity contribution is 7.91. The van der Waals surface area contributed by atoms with Gasteiger partial charge in [0.05, 0.1) is 16.8 Å². The maximum atomic E-state index is 13.2. The lowest BCUT2D eigenvalue weighted by atomic mass is 9.66. The molecule has 1 aliphatic heterocycles. The molecular weight excluding hydrogens is 332 g/mol. The summed E-state index contributed by atoms with van der Waals surface area (Å²) in [4.78, 5) is 0.394. The molecule has 25 heavy (non-hydrogen) atoms. The van der Waals surface area contributed by atoms with Crippen LogP contribution in [0.1, 0.15) is 49.1 Å². The van der Waals surface area contributed by atoms with Crippen LogP contribution in [-0.2, 0) is 9.84 Å². The molecule has 4 heteroatoms. The van der Waals surface area contributed by atoms with Gasteiger partial charge in [-0.05, 0) is 30.0 Å². The first-order valence-corrected chi connectivity index (χ1v) is 10.7. The van der Waals surface area contributed by atoms with Crippen LogP contribution >= 0.6 is 0 Å². The van der Waals surface area contributed by atoms with Crippen LogP contribution in [0, 0.1) is 5.41 Å². The van der Waals surface area contributed by atoms with Crippen molar-refractivity contribution >= 4 is 9.84 Å². The average Bonchev–Trinajstić information content (AvgIpc) is 2.69. The number of aliphatic hydroxyl groups is 1. The Balaban J connectivity index is 1.96. The molecule has 2 aromatic rings. The van der Waals surface area contributed by atoms with E-state index in [1.54, 1.807) is 12.1 Å². The normalized spacial score (nSPS) is 27.4. The number of benzene rings is 2. The van der Waals surface area contributed by atoms with Crippen LogP contribution in [0.25, 0.3) is 0 Å². The van der Waals surface area contributed by atoms with Gasteiger partial charge in [0, 0.05) is 11.3 Å². The molecule has 1 saturated carbocycles. The predicted octanol–water partition coefficient (Wildman–Crippen LogP) is 3.92. The number of rotatable bonds is 1. The van der Waals surface area contributed by atoms with Crippen molar-refractivity contribution in [3.63, 3.8) is 0 Å². The molecule has 0 radical (unpaired) electrons. The average molecular weight is 356 g/mol. The third kappa shape index (κ3) is 2.81. The van der Waals surface area contributed by atoms with E-state index in [1.807, 2.05) is 42.5 Å². The second-order valence-corrected chi connectivity index (χ2v) is 9.51. The Morgan fingerprint density at radius 2 is 1.52 bits per heavy atom. The van der Waals surface area contributed by atoms with Crippen LogP contribution in [0.5, 0.6) is 0 Å². The number of fused-ring (bicyclic) bond motifs is 1. The molecule has 1 spiro atoms. The fraction of sp³-hybridized carbons (Fsp3) is 0.429. The fourth-order valence-electron chi connectivity index (χ4n) is 4.80. The van der Waals surface area contributed by atoms with Gasteiger partial charge in [-0.2, -0.15) is 0 Å². The summed E-state index contributed by atoms with van der Waals surface area (Å²) in [6.45, 7) is 0. The van der Waals surface area contributed by atoms with Gasteiger partial charge in [0.25, 0.3) is 0 Å². The molecule has 2 atom stereocenters. The van der Waals surface area contributed by atoms with Gasteiger partial charge in [-0.15, -0.1) is 0 Å². The van der Waals surface area contributed by atoms with Crippen molar-refractivity contribution < 1.29 is 13.5 Å². The highest BCUT2D eigenvalue weighted by Crippen LogP contribution is 2.50. The summed E-state index contributed by atoms with van der Waals surface area (Å²) in [5, 5.41) is 11.5. The number of hydrogen-bond donors (Lipinski definition) is 1. The van der Waals surface area contributed by atoms with Crippen molar-refractivity contribution in [3.8, 4) is 0 Å². The van der Waals surface area contributed by atoms with Gasteiger partial charge in [0.15, 0.2) is 9.84 Å². The summed E-state index contributed by atoms with van der Waals surface area (Å²) >= 11 is 0. The first kappa shape index (κ1) is 16.8. The molecule has 3 nitrogen and oxygen atoms in total. The van der Waals surface area contributed by atoms with Crippen LogP contribution in [-0.4, -0.2) is 25.4 Å². The molecule has 0 saturated heterocycles. The zero-order chi connectivity index (χ0) is 17.5. The number of aliphatic hydroxyl groups excluding tert-OH is 1. The van der Waals surface area contributed by atoms with Crippen molar-refractivity contribution in [2.75, 3.05) is 5.75 Å². The van der Waals surface area contributed by atoms with Crippen molar-refractivity contribution in [1.82, 2.24) is 0 Å². The first-order chi connectivity index (χ1) is 12.0. The van der Waals surface area contributed by atoms with Gasteiger partial charge in [-0.1, -0.05) is 67.8 Å². The highest BCUT2D eigenvalue weighted by atomic mass is 32.2. The van der Waals surface area contributed by atoms with Gasteiger partial charge < -0.3 is 5.11 Å². The summed E-state index contributed by atoms with van der Waals surface area (Å²) in [5.74, 6) is -0.241. The summed E-state index contributed by atoms with van der Waals surface area (Å²) < 4.78 is 26.4. The summed E-state index contributed by atoms with van der Waals surface area (Å²) in [6, 6.07) is 17.1. The number of sulfone groups is 1. The Morgan fingerprint density at radius 1 is 0.880 bits per heavy atom. The van der Waals surface area contributed by atoms with Crippen molar-refractivity contribution in [1.29, 1.82) is 0 Å². The minimum Gasteiger partial charge on any atom is -0.392 e. The molecule has 1 N–H and O–H groups in total. The van der Waals surface area contributed by atoms with Gasteiger partial charge in [0.2, 0.25) is 0 Å². The largest absolute Gasteiger partial charge is 0.392 e. The van der Waals surface area contributed by atoms with Gasteiger partial charge in [-0.25, -0.2) is 8.42 Å². The van der Waals surface area contributed by atoms with Crippen molar-refractivity contribution in [2.45, 2.75) is 49.0 Å². The van der Waals surface area contributed by atoms with Crippen LogP contribution in [0.3, 0.4) is 0 Å². The van der Waals surface area contributed by atoms with E-state index < -0.39 is 21.4 Å². The monoisotopic (exact) mass is 356 g/mol. The molecule has 0 amide bonds. The van der Waals surface area contributed by atoms with Crippen LogP contribution in [0.15, 0.2) is 59.5 Å². The van der Waals surface area contributed by atoms with Crippen molar-refractivity contribution in [2.24, 2.45) is 5.41 Å². The van der Waals surface area contributed by atoms with Gasteiger partial charge >= 0.3 is 0 Å². The Morgan fingerprint density at radius 3 is 2.24 bits per heavy atom. The molecule has 4 rings (SSSR count). The van der Waals surface area contributed by atoms with E-state index in [1.165, 1.54) is 0 Å². The molecule has 1 fully saturated rings. The Labute approximate surface area is 149 Å². The van der Waals surface area contributed by atoms with E-state index in [0.717, 1.165) is 43.2 Å². The van der Waals surface area contributed by atoms with Gasteiger partial charge in [0.1, 0.15) is 0 Å². The standard InChI is InChI=1S/C21H24O3S/c22-20-19(16-9-3-1-4-10-16)17-11-5-6-12-18(17)25(23,24)15-21(20)13-7-2-8-14-21/h1,3-6,9-12,19-20,22H,2,7-8,13-15H2/t19-,20-/m0/s1. The lowest BCUT2D eigenvalue weighted by Gasteiger charge is -2.42. The van der Waals surface area contributed by atoms with Crippen molar-refractivity contribution in [3.05, 3.63) is 65.7 Å². The lowest BCUT2D eigenvalue weighted by molar-refractivity contribution is 0.00241. The van der Waals surface area contributed by atoms with E-state index in [2.05, 4.69) is 0 Å². The first-order valence-electron chi connectivity index (χ1n) is 9.08. The maximum Gasteiger partial charge on any atom is 0.179 e. The van der Waals surface area contributed by atoms with E-state index in [-0.39, 0.29) is 11.7 Å². The molecule has 0 bridgehead atoms. The molecule has 132 valence electrons. The second kappa shape index (κ2) is 6.26. The van der Waals surface area contributed by atoms with Gasteiger partial charge in [-0.3, -0.25) is 0 Å². The van der Waals surface area contributed by atoms with Crippen LogP contribution < -0.4 is 0 Å². The van der Waals surface area contributed by atoms with Crippen LogP contribution in [0.2, 0.25) is 0 Å². The maximum absolute atomic E-state index is 13.2. The second-order valence-electron chi connectivity index (χ2n) is 7.55. The molecule has 1 heterocycles. The molecular formula is C21H24O3S. The lowest BCUT2D eigenvalue weighted by Crippen LogP contribution is -2.44. The minimum absolute atomic E-state index is 0.0571. The molecule has 0 unspecified atom stereocenters. The Bertz CT molecular complexity index is 852. The molecule has 0 aromatic heterocycles. The molecule has 2 aliphatic rings. The topological polar surface area (TPSA) is 54.4 Å². The highest BCUT2D eigenvalue weighted by Gasteiger charge is 2.50. The van der Waals surface area contributed by atoms with Crippen LogP contribution in [0.4, 0.5) is 0 Å². The summed E-state index contributed by atoms with van der Waals surface area (Å²) in [5.41, 5.74) is 1.18.